The Bertz CT molecular complexity index is 292. The molecule has 96 valence electrons. The van der Waals surface area contributed by atoms with Gasteiger partial charge in [-0.15, -0.1) is 0 Å². The highest BCUT2D eigenvalue weighted by atomic mass is 14.8. The summed E-state index contributed by atoms with van der Waals surface area (Å²) in [5.74, 6) is 0.694. The highest BCUT2D eigenvalue weighted by Gasteiger charge is 2.00. The van der Waals surface area contributed by atoms with Crippen LogP contribution < -0.4 is 5.32 Å². The summed E-state index contributed by atoms with van der Waals surface area (Å²) in [7, 11) is 1.97. The number of nitrogens with one attached hydrogen (secondary N) is 2. The molecule has 2 N–H and O–H groups in total. The molecule has 0 rings (SSSR count). The van der Waals surface area contributed by atoms with Crippen molar-refractivity contribution in [2.75, 3.05) is 13.6 Å². The molecule has 0 aliphatic carbocycles. The van der Waals surface area contributed by atoms with Crippen molar-refractivity contribution in [1.82, 2.24) is 5.32 Å². The van der Waals surface area contributed by atoms with Crippen LogP contribution in [0.25, 0.3) is 0 Å². The number of hydrogen-bond acceptors (Lipinski definition) is 4. The van der Waals surface area contributed by atoms with Gasteiger partial charge < -0.3 is 10.7 Å². The molecule has 4 heteroatoms. The molecule has 0 radical (unpaired) electrons. The minimum atomic E-state index is 0.586. The molecule has 1 unspecified atom stereocenters. The Balaban J connectivity index is 4.02. The first kappa shape index (κ1) is 15.7. The second-order valence-electron chi connectivity index (χ2n) is 4.16. The van der Waals surface area contributed by atoms with Crippen molar-refractivity contribution in [3.8, 4) is 0 Å². The van der Waals surface area contributed by atoms with E-state index in [0.29, 0.717) is 17.3 Å². The van der Waals surface area contributed by atoms with Crippen LogP contribution in [0.4, 0.5) is 0 Å². The van der Waals surface area contributed by atoms with Gasteiger partial charge in [0.1, 0.15) is 5.70 Å². The molecular formula is C13H24N4. The third-order valence-electron chi connectivity index (χ3n) is 2.65. The summed E-state index contributed by atoms with van der Waals surface area (Å²) in [5, 5.41) is 10.4. The summed E-state index contributed by atoms with van der Waals surface area (Å²) in [6, 6.07) is 0. The van der Waals surface area contributed by atoms with Crippen molar-refractivity contribution in [2.24, 2.45) is 15.9 Å². The summed E-state index contributed by atoms with van der Waals surface area (Å²) in [6.45, 7) is 8.54. The van der Waals surface area contributed by atoms with E-state index in [1.165, 1.54) is 12.6 Å². The molecule has 0 fully saturated rings. The van der Waals surface area contributed by atoms with Gasteiger partial charge in [-0.2, -0.15) is 0 Å². The van der Waals surface area contributed by atoms with Gasteiger partial charge >= 0.3 is 0 Å². The van der Waals surface area contributed by atoms with Crippen LogP contribution in [0.3, 0.4) is 0 Å². The molecule has 0 heterocycles. The molecule has 0 aromatic carbocycles. The van der Waals surface area contributed by atoms with E-state index in [1.807, 2.05) is 13.3 Å². The van der Waals surface area contributed by atoms with Crippen LogP contribution in [-0.4, -0.2) is 32.7 Å². The maximum atomic E-state index is 7.21. The zero-order valence-electron chi connectivity index (χ0n) is 11.2. The molecule has 0 saturated carbocycles. The van der Waals surface area contributed by atoms with Gasteiger partial charge in [-0.05, 0) is 52.4 Å². The Labute approximate surface area is 104 Å². The SMILES string of the molecule is C=N/C(C)=C(/C=N)N=CCCC(C)CCNC. The molecular weight excluding hydrogens is 212 g/mol. The van der Waals surface area contributed by atoms with Gasteiger partial charge in [-0.25, -0.2) is 0 Å². The number of aliphatic imine (C=N–C) groups is 2. The lowest BCUT2D eigenvalue weighted by atomic mass is 10.0. The predicted molar refractivity (Wildman–Crippen MR) is 76.5 cm³/mol. The highest BCUT2D eigenvalue weighted by molar-refractivity contribution is 5.79. The summed E-state index contributed by atoms with van der Waals surface area (Å²) in [6.07, 6.45) is 6.32. The van der Waals surface area contributed by atoms with Gasteiger partial charge in [0, 0.05) is 12.4 Å². The van der Waals surface area contributed by atoms with Crippen molar-refractivity contribution >= 4 is 19.1 Å². The van der Waals surface area contributed by atoms with E-state index in [-0.39, 0.29) is 0 Å². The Morgan fingerprint density at radius 3 is 2.71 bits per heavy atom. The first-order valence-electron chi connectivity index (χ1n) is 6.00. The maximum absolute atomic E-state index is 7.21. The van der Waals surface area contributed by atoms with Crippen LogP contribution in [0.5, 0.6) is 0 Å². The van der Waals surface area contributed by atoms with Crippen LogP contribution in [0.2, 0.25) is 0 Å². The smallest absolute Gasteiger partial charge is 0.101 e. The van der Waals surface area contributed by atoms with Crippen LogP contribution >= 0.6 is 0 Å². The van der Waals surface area contributed by atoms with E-state index in [4.69, 9.17) is 5.41 Å². The summed E-state index contributed by atoms with van der Waals surface area (Å²) in [5.41, 5.74) is 1.28. The summed E-state index contributed by atoms with van der Waals surface area (Å²) in [4.78, 5) is 8.00. The van der Waals surface area contributed by atoms with E-state index < -0.39 is 0 Å². The van der Waals surface area contributed by atoms with E-state index >= 15 is 0 Å². The zero-order valence-corrected chi connectivity index (χ0v) is 11.2. The third kappa shape index (κ3) is 7.58. The van der Waals surface area contributed by atoms with Crippen LogP contribution in [-0.2, 0) is 0 Å². The fraction of sp³-hybridized carbons (Fsp3) is 0.615. The molecule has 0 spiro atoms. The maximum Gasteiger partial charge on any atom is 0.101 e. The van der Waals surface area contributed by atoms with Crippen molar-refractivity contribution in [1.29, 1.82) is 5.41 Å². The summed E-state index contributed by atoms with van der Waals surface area (Å²) >= 11 is 0. The van der Waals surface area contributed by atoms with Crippen molar-refractivity contribution in [2.45, 2.75) is 33.1 Å². The van der Waals surface area contributed by atoms with Crippen molar-refractivity contribution in [3.05, 3.63) is 11.4 Å². The number of hydrogen-bond donors (Lipinski definition) is 2. The molecule has 0 saturated heterocycles. The number of nitrogens with zero attached hydrogens (tertiary/aromatic N) is 2. The van der Waals surface area contributed by atoms with Gasteiger partial charge in [-0.3, -0.25) is 9.98 Å². The van der Waals surface area contributed by atoms with E-state index in [9.17, 15) is 0 Å². The molecule has 1 atom stereocenters. The Hall–Kier alpha value is -1.29. The first-order chi connectivity index (χ1) is 8.15. The van der Waals surface area contributed by atoms with Crippen LogP contribution in [0.15, 0.2) is 21.4 Å². The van der Waals surface area contributed by atoms with Gasteiger partial charge in [-0.1, -0.05) is 6.92 Å². The highest BCUT2D eigenvalue weighted by Crippen LogP contribution is 2.09. The minimum absolute atomic E-state index is 0.586. The van der Waals surface area contributed by atoms with Gasteiger partial charge in [0.25, 0.3) is 0 Å². The van der Waals surface area contributed by atoms with Gasteiger partial charge in [0.15, 0.2) is 0 Å². The fourth-order valence-corrected chi connectivity index (χ4v) is 1.37. The Kier molecular flexibility index (Phi) is 9.15. The minimum Gasteiger partial charge on any atom is -0.320 e. The molecule has 4 nitrogen and oxygen atoms in total. The topological polar surface area (TPSA) is 60.6 Å². The lowest BCUT2D eigenvalue weighted by Crippen LogP contribution is -2.11. The van der Waals surface area contributed by atoms with Gasteiger partial charge in [0.05, 0.1) is 5.70 Å². The molecule has 0 aromatic heterocycles. The first-order valence-corrected chi connectivity index (χ1v) is 6.00. The zero-order chi connectivity index (χ0) is 13.1. The lowest BCUT2D eigenvalue weighted by molar-refractivity contribution is 0.492. The molecule has 0 aliphatic rings. The number of rotatable bonds is 9. The largest absolute Gasteiger partial charge is 0.320 e. The summed E-state index contributed by atoms with van der Waals surface area (Å²) < 4.78 is 0. The molecule has 0 aromatic rings. The Morgan fingerprint density at radius 1 is 1.47 bits per heavy atom. The molecule has 0 bridgehead atoms. The molecule has 0 amide bonds. The van der Waals surface area contributed by atoms with Gasteiger partial charge in [0.2, 0.25) is 0 Å². The van der Waals surface area contributed by atoms with Crippen LogP contribution in [0.1, 0.15) is 33.1 Å². The van der Waals surface area contributed by atoms with E-state index in [1.54, 1.807) is 6.92 Å². The second kappa shape index (κ2) is 9.90. The second-order valence-corrected chi connectivity index (χ2v) is 4.16. The predicted octanol–water partition coefficient (Wildman–Crippen LogP) is 2.66. The Morgan fingerprint density at radius 2 is 2.18 bits per heavy atom. The quantitative estimate of drug-likeness (QED) is 0.594. The van der Waals surface area contributed by atoms with E-state index in [0.717, 1.165) is 19.4 Å². The lowest BCUT2D eigenvalue weighted by Gasteiger charge is -2.08. The monoisotopic (exact) mass is 236 g/mol. The van der Waals surface area contributed by atoms with E-state index in [2.05, 4.69) is 28.9 Å². The molecule has 17 heavy (non-hydrogen) atoms. The third-order valence-corrected chi connectivity index (χ3v) is 2.65. The van der Waals surface area contributed by atoms with Crippen LogP contribution in [0, 0.1) is 11.3 Å². The van der Waals surface area contributed by atoms with Crippen molar-refractivity contribution in [3.63, 3.8) is 0 Å². The molecule has 0 aliphatic heterocycles. The number of allylic oxidation sites excluding steroid dienone is 2. The fourth-order valence-electron chi connectivity index (χ4n) is 1.37. The average molecular weight is 236 g/mol. The normalized spacial score (nSPS) is 14.5. The van der Waals surface area contributed by atoms with Crippen molar-refractivity contribution < 1.29 is 0 Å². The average Bonchev–Trinajstić information content (AvgIpc) is 2.35. The standard InChI is InChI=1S/C13H24N4/c1-11(7-9-15-3)6-5-8-17-13(10-14)12(2)16-4/h8,10-11,14-15H,4-7,9H2,1-3H3/b13-12-,14-10?,17-8?.